The molecular weight excluding hydrogens is 186 g/mol. The van der Waals surface area contributed by atoms with Crippen LogP contribution >= 0.6 is 0 Å². The normalized spacial score (nSPS) is 12.4. The van der Waals surface area contributed by atoms with Gasteiger partial charge < -0.3 is 10.8 Å². The summed E-state index contributed by atoms with van der Waals surface area (Å²) < 4.78 is 0. The number of amides is 2. The molecule has 0 aliphatic heterocycles. The van der Waals surface area contributed by atoms with Crippen LogP contribution in [0.3, 0.4) is 0 Å². The number of nitrogens with two attached hydrogens (primary N) is 1. The van der Waals surface area contributed by atoms with Crippen molar-refractivity contribution in [2.45, 2.75) is 27.2 Å². The van der Waals surface area contributed by atoms with Crippen molar-refractivity contribution >= 4 is 17.7 Å². The second-order valence-electron chi connectivity index (χ2n) is 3.63. The molecule has 0 atom stereocenters. The van der Waals surface area contributed by atoms with Gasteiger partial charge in [0.05, 0.1) is 6.42 Å². The van der Waals surface area contributed by atoms with Crippen LogP contribution in [0.1, 0.15) is 27.2 Å². The zero-order valence-corrected chi connectivity index (χ0v) is 8.50. The number of hydrazone groups is 1. The molecule has 0 aliphatic carbocycles. The van der Waals surface area contributed by atoms with Crippen molar-refractivity contribution in [3.05, 3.63) is 0 Å². The summed E-state index contributed by atoms with van der Waals surface area (Å²) in [6.45, 7) is 5.09. The minimum atomic E-state index is -0.913. The third-order valence-corrected chi connectivity index (χ3v) is 1.91. The molecule has 14 heavy (non-hydrogen) atoms. The lowest BCUT2D eigenvalue weighted by Crippen LogP contribution is -2.31. The Morgan fingerprint density at radius 1 is 1.50 bits per heavy atom. The molecule has 0 unspecified atom stereocenters. The average Bonchev–Trinajstić information content (AvgIpc) is 1.97. The topological polar surface area (TPSA) is 105 Å². The van der Waals surface area contributed by atoms with E-state index in [9.17, 15) is 9.59 Å². The summed E-state index contributed by atoms with van der Waals surface area (Å²) in [5.41, 5.74) is 6.78. The molecule has 6 heteroatoms. The number of hydrogen-bond donors (Lipinski definition) is 3. The van der Waals surface area contributed by atoms with Crippen LogP contribution in [0, 0.1) is 5.41 Å². The van der Waals surface area contributed by atoms with E-state index in [0.717, 1.165) is 0 Å². The highest BCUT2D eigenvalue weighted by atomic mass is 16.4. The first-order valence-corrected chi connectivity index (χ1v) is 4.07. The Morgan fingerprint density at radius 3 is 2.36 bits per heavy atom. The fraction of sp³-hybridized carbons (Fsp3) is 0.625. The van der Waals surface area contributed by atoms with Gasteiger partial charge in [0.25, 0.3) is 0 Å². The first kappa shape index (κ1) is 12.4. The van der Waals surface area contributed by atoms with Gasteiger partial charge in [0.1, 0.15) is 0 Å². The second-order valence-corrected chi connectivity index (χ2v) is 3.63. The monoisotopic (exact) mass is 201 g/mol. The fourth-order valence-electron chi connectivity index (χ4n) is 0.796. The number of rotatable bonds is 4. The molecule has 0 aliphatic rings. The van der Waals surface area contributed by atoms with E-state index in [1.54, 1.807) is 20.8 Å². The van der Waals surface area contributed by atoms with Gasteiger partial charge in [-0.25, -0.2) is 10.2 Å². The number of primary amides is 1. The molecule has 0 rings (SSSR count). The molecule has 0 spiro atoms. The van der Waals surface area contributed by atoms with E-state index in [4.69, 9.17) is 10.8 Å². The molecule has 0 aromatic carbocycles. The zero-order valence-electron chi connectivity index (χ0n) is 8.50. The van der Waals surface area contributed by atoms with Gasteiger partial charge in [-0.15, -0.1) is 0 Å². The van der Waals surface area contributed by atoms with Crippen LogP contribution in [0.25, 0.3) is 0 Å². The predicted octanol–water partition coefficient (Wildman–Crippen LogP) is 0.531. The summed E-state index contributed by atoms with van der Waals surface area (Å²) in [5, 5.41) is 12.3. The predicted molar refractivity (Wildman–Crippen MR) is 51.9 cm³/mol. The smallest absolute Gasteiger partial charge is 0.332 e. The highest BCUT2D eigenvalue weighted by molar-refractivity contribution is 5.91. The summed E-state index contributed by atoms with van der Waals surface area (Å²) in [6, 6.07) is -0.768. The molecule has 6 nitrogen and oxygen atoms in total. The van der Waals surface area contributed by atoms with Gasteiger partial charge in [-0.3, -0.25) is 4.79 Å². The number of carbonyl (C=O) groups excluding carboxylic acids is 1. The zero-order chi connectivity index (χ0) is 11.4. The molecule has 0 radical (unpaired) electrons. The third kappa shape index (κ3) is 4.44. The van der Waals surface area contributed by atoms with E-state index in [0.29, 0.717) is 5.71 Å². The lowest BCUT2D eigenvalue weighted by molar-refractivity contribution is -0.138. The van der Waals surface area contributed by atoms with Crippen molar-refractivity contribution in [3.63, 3.8) is 0 Å². The van der Waals surface area contributed by atoms with E-state index in [-0.39, 0.29) is 6.42 Å². The maximum Gasteiger partial charge on any atom is 0.332 e. The Bertz CT molecular complexity index is 271. The minimum absolute atomic E-state index is 0.0528. The largest absolute Gasteiger partial charge is 0.481 e. The lowest BCUT2D eigenvalue weighted by atomic mass is 9.85. The Morgan fingerprint density at radius 2 is 2.00 bits per heavy atom. The summed E-state index contributed by atoms with van der Waals surface area (Å²) in [5.74, 6) is -0.913. The molecule has 0 aromatic heterocycles. The van der Waals surface area contributed by atoms with Gasteiger partial charge in [-0.2, -0.15) is 5.10 Å². The van der Waals surface area contributed by atoms with Crippen LogP contribution in [0.2, 0.25) is 0 Å². The first-order valence-electron chi connectivity index (χ1n) is 4.07. The number of aliphatic carboxylic acids is 1. The minimum Gasteiger partial charge on any atom is -0.481 e. The molecule has 80 valence electrons. The van der Waals surface area contributed by atoms with Gasteiger partial charge >= 0.3 is 12.0 Å². The highest BCUT2D eigenvalue weighted by Crippen LogP contribution is 2.22. The molecule has 0 bridgehead atoms. The SMILES string of the molecule is C/C(=N/NC(N)=O)C(C)(C)CC(=O)O. The number of nitrogens with zero attached hydrogens (tertiary/aromatic N) is 1. The number of nitrogens with one attached hydrogen (secondary N) is 1. The van der Waals surface area contributed by atoms with Crippen LogP contribution < -0.4 is 11.2 Å². The van der Waals surface area contributed by atoms with Crippen molar-refractivity contribution in [1.29, 1.82) is 0 Å². The summed E-state index contributed by atoms with van der Waals surface area (Å²) in [4.78, 5) is 20.8. The van der Waals surface area contributed by atoms with Crippen molar-refractivity contribution in [2.75, 3.05) is 0 Å². The Balaban J connectivity index is 4.47. The van der Waals surface area contributed by atoms with E-state index < -0.39 is 17.4 Å². The Hall–Kier alpha value is -1.59. The average molecular weight is 201 g/mol. The molecule has 0 aromatic rings. The van der Waals surface area contributed by atoms with Gasteiger partial charge in [0, 0.05) is 11.1 Å². The third-order valence-electron chi connectivity index (χ3n) is 1.91. The number of carboxylic acid groups (broad SMARTS) is 1. The van der Waals surface area contributed by atoms with Crippen LogP contribution in [0.15, 0.2) is 5.10 Å². The number of carboxylic acids is 1. The molecule has 0 saturated carbocycles. The molecule has 2 amide bonds. The second kappa shape index (κ2) is 4.59. The fourth-order valence-corrected chi connectivity index (χ4v) is 0.796. The number of hydrogen-bond acceptors (Lipinski definition) is 3. The van der Waals surface area contributed by atoms with Crippen molar-refractivity contribution in [2.24, 2.45) is 16.3 Å². The van der Waals surface area contributed by atoms with Gasteiger partial charge in [0.2, 0.25) is 0 Å². The van der Waals surface area contributed by atoms with Crippen LogP contribution in [0.5, 0.6) is 0 Å². The maximum atomic E-state index is 10.5. The van der Waals surface area contributed by atoms with E-state index >= 15 is 0 Å². The standard InChI is InChI=1S/C8H15N3O3/c1-5(10-11-7(9)14)8(2,3)4-6(12)13/h4H2,1-3H3,(H,12,13)(H3,9,11,14)/b10-5-. The van der Waals surface area contributed by atoms with Crippen LogP contribution in [-0.4, -0.2) is 22.8 Å². The van der Waals surface area contributed by atoms with E-state index in [1.807, 2.05) is 0 Å². The lowest BCUT2D eigenvalue weighted by Gasteiger charge is -2.21. The number of carbonyl (C=O) groups is 2. The summed E-state index contributed by atoms with van der Waals surface area (Å²) in [7, 11) is 0. The summed E-state index contributed by atoms with van der Waals surface area (Å²) in [6.07, 6.45) is -0.0528. The van der Waals surface area contributed by atoms with Gasteiger partial charge in [0.15, 0.2) is 0 Å². The molecular formula is C8H15N3O3. The van der Waals surface area contributed by atoms with Crippen molar-refractivity contribution in [3.8, 4) is 0 Å². The van der Waals surface area contributed by atoms with Crippen LogP contribution in [0.4, 0.5) is 4.79 Å². The molecule has 0 saturated heterocycles. The molecule has 4 N–H and O–H groups in total. The van der Waals surface area contributed by atoms with E-state index in [2.05, 4.69) is 10.5 Å². The Kier molecular flexibility index (Phi) is 4.07. The Labute approximate surface area is 82.2 Å². The maximum absolute atomic E-state index is 10.5. The number of urea groups is 1. The summed E-state index contributed by atoms with van der Waals surface area (Å²) >= 11 is 0. The quantitative estimate of drug-likeness (QED) is 0.456. The van der Waals surface area contributed by atoms with Gasteiger partial charge in [-0.1, -0.05) is 13.8 Å². The molecule has 0 fully saturated rings. The highest BCUT2D eigenvalue weighted by Gasteiger charge is 2.25. The van der Waals surface area contributed by atoms with Crippen LogP contribution in [-0.2, 0) is 4.79 Å². The van der Waals surface area contributed by atoms with Crippen molar-refractivity contribution < 1.29 is 14.7 Å². The van der Waals surface area contributed by atoms with E-state index in [1.165, 1.54) is 0 Å². The molecule has 0 heterocycles. The van der Waals surface area contributed by atoms with Crippen molar-refractivity contribution in [1.82, 2.24) is 5.43 Å². The van der Waals surface area contributed by atoms with Gasteiger partial charge in [-0.05, 0) is 6.92 Å². The first-order chi connectivity index (χ1) is 6.25.